The smallest absolute Gasteiger partial charge is 0.350 e. The lowest BCUT2D eigenvalue weighted by Gasteiger charge is -2.19. The third-order valence-corrected chi connectivity index (χ3v) is 6.82. The summed E-state index contributed by atoms with van der Waals surface area (Å²) in [6, 6.07) is 4.17. The Bertz CT molecular complexity index is 945. The lowest BCUT2D eigenvalue weighted by Crippen LogP contribution is -2.08. The largest absolute Gasteiger partial charge is 0.461 e. The van der Waals surface area contributed by atoms with Crippen LogP contribution < -0.4 is 5.73 Å². The first-order chi connectivity index (χ1) is 12.7. The molecule has 136 valence electrons. The van der Waals surface area contributed by atoms with E-state index < -0.39 is 0 Å². The summed E-state index contributed by atoms with van der Waals surface area (Å²) in [7, 11) is 0. The molecule has 4 rings (SSSR count). The number of ether oxygens (including phenoxy) is 1. The van der Waals surface area contributed by atoms with E-state index in [-0.39, 0.29) is 5.97 Å². The number of aryl methyl sites for hydroxylation is 1. The number of fused-ring (bicyclic) bond motifs is 3. The zero-order valence-corrected chi connectivity index (χ0v) is 16.5. The van der Waals surface area contributed by atoms with Crippen LogP contribution in [0.1, 0.15) is 53.4 Å². The Hall–Kier alpha value is -1.92. The summed E-state index contributed by atoms with van der Waals surface area (Å²) in [6.07, 6.45) is 6.21. The second-order valence-corrected chi connectivity index (χ2v) is 8.56. The van der Waals surface area contributed by atoms with E-state index in [0.717, 1.165) is 48.0 Å². The Balaban J connectivity index is 1.84. The van der Waals surface area contributed by atoms with Crippen molar-refractivity contribution in [1.82, 2.24) is 4.98 Å². The second kappa shape index (κ2) is 7.37. The molecule has 0 fully saturated rings. The van der Waals surface area contributed by atoms with E-state index in [4.69, 9.17) is 15.5 Å². The summed E-state index contributed by atoms with van der Waals surface area (Å²) in [5, 5.41) is 3.06. The fraction of sp³-hybridized carbons (Fsp3) is 0.400. The second-order valence-electron chi connectivity index (χ2n) is 6.62. The zero-order valence-electron chi connectivity index (χ0n) is 14.8. The summed E-state index contributed by atoms with van der Waals surface area (Å²) in [4.78, 5) is 19.9. The number of unbranched alkanes of at least 4 members (excludes halogenated alkanes) is 1. The summed E-state index contributed by atoms with van der Waals surface area (Å²) >= 11 is 3.08. The van der Waals surface area contributed by atoms with Gasteiger partial charge in [0, 0.05) is 5.39 Å². The Morgan fingerprint density at radius 2 is 2.12 bits per heavy atom. The van der Waals surface area contributed by atoms with E-state index in [1.807, 2.05) is 0 Å². The number of carbonyl (C=O) groups is 1. The van der Waals surface area contributed by atoms with Crippen molar-refractivity contribution in [2.75, 3.05) is 12.3 Å². The van der Waals surface area contributed by atoms with Crippen LogP contribution in [0.15, 0.2) is 17.5 Å². The average molecular weight is 387 g/mol. The standard InChI is InChI=1S/C20H22N2O2S2/c1-2-3-10-24-20(23)18-16(21)15-12-7-4-5-8-13(12)17(22-19(15)26-18)14-9-6-11-25-14/h6,9,11H,2-5,7-8,10,21H2,1H3. The number of nitrogens with two attached hydrogens (primary N) is 1. The summed E-state index contributed by atoms with van der Waals surface area (Å²) in [5.74, 6) is -0.318. The molecule has 4 nitrogen and oxygen atoms in total. The number of anilines is 1. The molecule has 0 bridgehead atoms. The number of aromatic nitrogens is 1. The predicted molar refractivity (Wildman–Crippen MR) is 109 cm³/mol. The van der Waals surface area contributed by atoms with E-state index in [2.05, 4.69) is 24.4 Å². The number of hydrogen-bond acceptors (Lipinski definition) is 6. The first kappa shape index (κ1) is 17.5. The first-order valence-electron chi connectivity index (χ1n) is 9.15. The van der Waals surface area contributed by atoms with Crippen LogP contribution in [-0.2, 0) is 17.6 Å². The Morgan fingerprint density at radius 1 is 1.31 bits per heavy atom. The maximum absolute atomic E-state index is 12.5. The Labute approximate surface area is 161 Å². The summed E-state index contributed by atoms with van der Waals surface area (Å²) < 4.78 is 5.39. The van der Waals surface area contributed by atoms with Gasteiger partial charge in [-0.1, -0.05) is 19.4 Å². The van der Waals surface area contributed by atoms with Crippen LogP contribution in [0.3, 0.4) is 0 Å². The third-order valence-electron chi connectivity index (χ3n) is 4.87. The van der Waals surface area contributed by atoms with Gasteiger partial charge in [-0.25, -0.2) is 9.78 Å². The normalized spacial score (nSPS) is 13.7. The highest BCUT2D eigenvalue weighted by Gasteiger charge is 2.26. The minimum absolute atomic E-state index is 0.318. The molecular weight excluding hydrogens is 364 g/mol. The number of carbonyl (C=O) groups excluding carboxylic acids is 1. The SMILES string of the molecule is CCCCOC(=O)c1sc2nc(-c3cccs3)c3c(c2c1N)CCCC3. The van der Waals surface area contributed by atoms with Gasteiger partial charge in [0.2, 0.25) is 0 Å². The third kappa shape index (κ3) is 3.01. The van der Waals surface area contributed by atoms with Gasteiger partial charge < -0.3 is 10.5 Å². The van der Waals surface area contributed by atoms with E-state index in [9.17, 15) is 4.79 Å². The Kier molecular flexibility index (Phi) is 4.96. The van der Waals surface area contributed by atoms with Gasteiger partial charge in [0.15, 0.2) is 0 Å². The molecule has 0 radical (unpaired) electrons. The number of nitrogen functional groups attached to an aromatic ring is 1. The topological polar surface area (TPSA) is 65.2 Å². The molecule has 1 aliphatic carbocycles. The molecular formula is C20H22N2O2S2. The van der Waals surface area contributed by atoms with Crippen molar-refractivity contribution in [3.05, 3.63) is 33.5 Å². The summed E-state index contributed by atoms with van der Waals surface area (Å²) in [5.41, 5.74) is 10.6. The summed E-state index contributed by atoms with van der Waals surface area (Å²) in [6.45, 7) is 2.51. The van der Waals surface area contributed by atoms with Crippen LogP contribution in [0.4, 0.5) is 5.69 Å². The van der Waals surface area contributed by atoms with Gasteiger partial charge in [-0.05, 0) is 54.7 Å². The molecule has 0 aliphatic heterocycles. The van der Waals surface area contributed by atoms with Crippen LogP contribution in [0.25, 0.3) is 20.8 Å². The molecule has 0 unspecified atom stereocenters. The molecule has 2 N–H and O–H groups in total. The van der Waals surface area contributed by atoms with Gasteiger partial charge in [-0.3, -0.25) is 0 Å². The number of pyridine rings is 1. The highest BCUT2D eigenvalue weighted by Crippen LogP contribution is 2.43. The van der Waals surface area contributed by atoms with E-state index in [1.54, 1.807) is 11.3 Å². The fourth-order valence-electron chi connectivity index (χ4n) is 3.56. The van der Waals surface area contributed by atoms with Crippen molar-refractivity contribution >= 4 is 44.5 Å². The molecule has 3 aromatic rings. The van der Waals surface area contributed by atoms with Gasteiger partial charge in [-0.2, -0.15) is 0 Å². The van der Waals surface area contributed by atoms with Crippen LogP contribution >= 0.6 is 22.7 Å². The van der Waals surface area contributed by atoms with E-state index >= 15 is 0 Å². The molecule has 0 aromatic carbocycles. The zero-order chi connectivity index (χ0) is 18.1. The molecule has 3 heterocycles. The van der Waals surface area contributed by atoms with Crippen molar-refractivity contribution in [2.45, 2.75) is 45.4 Å². The molecule has 0 amide bonds. The van der Waals surface area contributed by atoms with Crippen molar-refractivity contribution in [1.29, 1.82) is 0 Å². The predicted octanol–water partition coefficient (Wildman–Crippen LogP) is 5.44. The van der Waals surface area contributed by atoms with Crippen molar-refractivity contribution in [2.24, 2.45) is 0 Å². The minimum Gasteiger partial charge on any atom is -0.461 e. The van der Waals surface area contributed by atoms with Crippen LogP contribution in [-0.4, -0.2) is 17.6 Å². The Morgan fingerprint density at radius 3 is 2.85 bits per heavy atom. The maximum atomic E-state index is 12.5. The molecule has 0 saturated heterocycles. The van der Waals surface area contributed by atoms with Gasteiger partial charge in [0.05, 0.1) is 22.9 Å². The van der Waals surface area contributed by atoms with Crippen molar-refractivity contribution in [3.63, 3.8) is 0 Å². The molecule has 26 heavy (non-hydrogen) atoms. The van der Waals surface area contributed by atoms with Crippen LogP contribution in [0.2, 0.25) is 0 Å². The quantitative estimate of drug-likeness (QED) is 0.468. The molecule has 0 saturated carbocycles. The average Bonchev–Trinajstić information content (AvgIpc) is 3.29. The molecule has 0 atom stereocenters. The van der Waals surface area contributed by atoms with Gasteiger partial charge >= 0.3 is 5.97 Å². The van der Waals surface area contributed by atoms with Crippen LogP contribution in [0.5, 0.6) is 0 Å². The lowest BCUT2D eigenvalue weighted by molar-refractivity contribution is 0.0506. The van der Waals surface area contributed by atoms with E-state index in [1.165, 1.54) is 33.8 Å². The maximum Gasteiger partial charge on any atom is 0.350 e. The number of hydrogen-bond donors (Lipinski definition) is 1. The van der Waals surface area contributed by atoms with Gasteiger partial charge in [-0.15, -0.1) is 22.7 Å². The monoisotopic (exact) mass is 386 g/mol. The van der Waals surface area contributed by atoms with Crippen molar-refractivity contribution < 1.29 is 9.53 Å². The molecule has 0 spiro atoms. The van der Waals surface area contributed by atoms with E-state index in [0.29, 0.717) is 17.2 Å². The molecule has 1 aliphatic rings. The molecule has 6 heteroatoms. The van der Waals surface area contributed by atoms with Gasteiger partial charge in [0.25, 0.3) is 0 Å². The first-order valence-corrected chi connectivity index (χ1v) is 10.8. The fourth-order valence-corrected chi connectivity index (χ4v) is 5.32. The minimum atomic E-state index is -0.318. The lowest BCUT2D eigenvalue weighted by atomic mass is 9.88. The number of esters is 1. The highest BCUT2D eigenvalue weighted by atomic mass is 32.1. The van der Waals surface area contributed by atoms with Gasteiger partial charge in [0.1, 0.15) is 9.71 Å². The molecule has 3 aromatic heterocycles. The van der Waals surface area contributed by atoms with Crippen molar-refractivity contribution in [3.8, 4) is 10.6 Å². The number of nitrogens with zero attached hydrogens (tertiary/aromatic N) is 1. The van der Waals surface area contributed by atoms with Crippen LogP contribution in [0, 0.1) is 0 Å². The number of thiophene rings is 2. The highest BCUT2D eigenvalue weighted by molar-refractivity contribution is 7.21. The number of rotatable bonds is 5.